The highest BCUT2D eigenvalue weighted by molar-refractivity contribution is 7.89. The van der Waals surface area contributed by atoms with Crippen molar-refractivity contribution in [3.63, 3.8) is 0 Å². The Morgan fingerprint density at radius 3 is 2.34 bits per heavy atom. The minimum atomic E-state index is -4.65. The van der Waals surface area contributed by atoms with Gasteiger partial charge in [0.15, 0.2) is 0 Å². The molecule has 1 aliphatic heterocycles. The molecule has 1 atom stereocenters. The van der Waals surface area contributed by atoms with Crippen LogP contribution in [0.25, 0.3) is 0 Å². The van der Waals surface area contributed by atoms with E-state index < -0.39 is 32.7 Å². The highest BCUT2D eigenvalue weighted by Gasteiger charge is 2.34. The van der Waals surface area contributed by atoms with Crippen molar-refractivity contribution in [2.75, 3.05) is 13.1 Å². The maximum atomic E-state index is 13.0. The molecule has 190 valence electrons. The van der Waals surface area contributed by atoms with Gasteiger partial charge in [-0.1, -0.05) is 35.9 Å². The van der Waals surface area contributed by atoms with Crippen LogP contribution in [0.5, 0.6) is 0 Å². The Kier molecular flexibility index (Phi) is 8.22. The molecule has 1 unspecified atom stereocenters. The van der Waals surface area contributed by atoms with Crippen molar-refractivity contribution >= 4 is 21.8 Å². The fourth-order valence-corrected chi connectivity index (χ4v) is 5.57. The molecule has 0 aromatic heterocycles. The zero-order valence-corrected chi connectivity index (χ0v) is 20.2. The first-order valence-corrected chi connectivity index (χ1v) is 12.6. The van der Waals surface area contributed by atoms with Crippen molar-refractivity contribution in [2.24, 2.45) is 0 Å². The van der Waals surface area contributed by atoms with Crippen LogP contribution in [0.1, 0.15) is 36.5 Å². The lowest BCUT2D eigenvalue weighted by molar-refractivity contribution is -0.137. The molecule has 0 spiro atoms. The zero-order valence-electron chi connectivity index (χ0n) is 19.4. The third-order valence-electron chi connectivity index (χ3n) is 5.82. The quantitative estimate of drug-likeness (QED) is 0.598. The Morgan fingerprint density at radius 2 is 1.74 bits per heavy atom. The van der Waals surface area contributed by atoms with E-state index in [1.807, 2.05) is 31.2 Å². The summed E-state index contributed by atoms with van der Waals surface area (Å²) in [6.07, 6.45) is -3.76. The van der Waals surface area contributed by atoms with E-state index in [0.717, 1.165) is 33.6 Å². The fourth-order valence-electron chi connectivity index (χ4n) is 4.05. The molecule has 0 aliphatic carbocycles. The van der Waals surface area contributed by atoms with E-state index in [2.05, 4.69) is 10.6 Å². The van der Waals surface area contributed by atoms with Gasteiger partial charge in [0.25, 0.3) is 0 Å². The smallest absolute Gasteiger partial charge is 0.351 e. The fraction of sp³-hybridized carbons (Fsp3) is 0.417. The first kappa shape index (κ1) is 26.7. The van der Waals surface area contributed by atoms with Gasteiger partial charge in [0, 0.05) is 32.5 Å². The van der Waals surface area contributed by atoms with Crippen molar-refractivity contribution in [2.45, 2.75) is 56.3 Å². The molecule has 2 aromatic rings. The summed E-state index contributed by atoms with van der Waals surface area (Å²) in [5.74, 6) is -0.722. The van der Waals surface area contributed by atoms with Crippen LogP contribution in [-0.4, -0.2) is 49.7 Å². The third kappa shape index (κ3) is 7.04. The van der Waals surface area contributed by atoms with Gasteiger partial charge in [0.1, 0.15) is 6.04 Å². The number of sulfonamides is 1. The summed E-state index contributed by atoms with van der Waals surface area (Å²) in [6, 6.07) is 10.1. The Bertz CT molecular complexity index is 1180. The van der Waals surface area contributed by atoms with Gasteiger partial charge in [-0.05, 0) is 43.5 Å². The molecule has 3 rings (SSSR count). The number of aryl methyl sites for hydroxylation is 1. The molecule has 0 radical (unpaired) electrons. The van der Waals surface area contributed by atoms with Crippen molar-refractivity contribution in [1.82, 2.24) is 14.9 Å². The Hall–Kier alpha value is -2.92. The SMILES string of the molecule is CC(=O)NC(Cc1cccc(C)c1)C(=O)NC1CCN(S(=O)(=O)c2cccc(C(F)(F)F)c2)CC1. The predicted octanol–water partition coefficient (Wildman–Crippen LogP) is 3.03. The first-order valence-electron chi connectivity index (χ1n) is 11.2. The minimum Gasteiger partial charge on any atom is -0.351 e. The molecule has 11 heteroatoms. The number of piperidine rings is 1. The van der Waals surface area contributed by atoms with Gasteiger partial charge >= 0.3 is 6.18 Å². The average molecular weight is 512 g/mol. The number of nitrogens with zero attached hydrogens (tertiary/aromatic N) is 1. The molecule has 1 fully saturated rings. The van der Waals surface area contributed by atoms with Crippen molar-refractivity contribution in [1.29, 1.82) is 0 Å². The maximum Gasteiger partial charge on any atom is 0.416 e. The van der Waals surface area contributed by atoms with Crippen LogP contribution >= 0.6 is 0 Å². The van der Waals surface area contributed by atoms with E-state index in [1.54, 1.807) is 0 Å². The lowest BCUT2D eigenvalue weighted by Gasteiger charge is -2.32. The summed E-state index contributed by atoms with van der Waals surface area (Å²) in [5, 5.41) is 5.54. The second kappa shape index (κ2) is 10.8. The molecule has 0 saturated carbocycles. The molecule has 2 N–H and O–H groups in total. The Morgan fingerprint density at radius 1 is 1.09 bits per heavy atom. The standard InChI is InChI=1S/C24H28F3N3O4S/c1-16-5-3-6-18(13-16)14-22(28-17(2)31)23(32)29-20-9-11-30(12-10-20)35(33,34)21-8-4-7-19(15-21)24(25,26)27/h3-8,13,15,20,22H,9-12,14H2,1-2H3,(H,28,31)(H,29,32). The first-order chi connectivity index (χ1) is 16.4. The van der Waals surface area contributed by atoms with Gasteiger partial charge in [-0.25, -0.2) is 8.42 Å². The molecular formula is C24H28F3N3O4S. The van der Waals surface area contributed by atoms with Crippen LogP contribution in [-0.2, 0) is 32.2 Å². The molecule has 2 aromatic carbocycles. The average Bonchev–Trinajstić information content (AvgIpc) is 2.78. The number of carbonyl (C=O) groups excluding carboxylic acids is 2. The largest absolute Gasteiger partial charge is 0.416 e. The number of alkyl halides is 3. The van der Waals surface area contributed by atoms with Crippen LogP contribution in [0.2, 0.25) is 0 Å². The summed E-state index contributed by atoms with van der Waals surface area (Å²) >= 11 is 0. The second-order valence-electron chi connectivity index (χ2n) is 8.66. The number of hydrogen-bond donors (Lipinski definition) is 2. The van der Waals surface area contributed by atoms with E-state index in [-0.39, 0.29) is 30.9 Å². The number of nitrogens with one attached hydrogen (secondary N) is 2. The number of hydrogen-bond acceptors (Lipinski definition) is 4. The highest BCUT2D eigenvalue weighted by Crippen LogP contribution is 2.31. The van der Waals surface area contributed by atoms with Crippen LogP contribution in [0.3, 0.4) is 0 Å². The van der Waals surface area contributed by atoms with Crippen LogP contribution in [0.15, 0.2) is 53.4 Å². The van der Waals surface area contributed by atoms with Gasteiger partial charge in [0.05, 0.1) is 10.5 Å². The highest BCUT2D eigenvalue weighted by atomic mass is 32.2. The molecule has 7 nitrogen and oxygen atoms in total. The van der Waals surface area contributed by atoms with Crippen LogP contribution < -0.4 is 10.6 Å². The van der Waals surface area contributed by atoms with E-state index in [9.17, 15) is 31.2 Å². The van der Waals surface area contributed by atoms with Crippen molar-refractivity contribution in [3.05, 3.63) is 65.2 Å². The molecule has 1 saturated heterocycles. The predicted molar refractivity (Wildman–Crippen MR) is 124 cm³/mol. The third-order valence-corrected chi connectivity index (χ3v) is 7.71. The number of benzene rings is 2. The number of amides is 2. The van der Waals surface area contributed by atoms with E-state index in [0.29, 0.717) is 25.3 Å². The Labute approximate surface area is 202 Å². The lowest BCUT2D eigenvalue weighted by Crippen LogP contribution is -2.53. The topological polar surface area (TPSA) is 95.6 Å². The summed E-state index contributed by atoms with van der Waals surface area (Å²) < 4.78 is 65.9. The van der Waals surface area contributed by atoms with Gasteiger partial charge in [-0.15, -0.1) is 0 Å². The van der Waals surface area contributed by atoms with E-state index in [1.165, 1.54) is 6.92 Å². The van der Waals surface area contributed by atoms with Crippen LogP contribution in [0, 0.1) is 6.92 Å². The zero-order chi connectivity index (χ0) is 25.8. The van der Waals surface area contributed by atoms with Crippen molar-refractivity contribution in [3.8, 4) is 0 Å². The molecule has 2 amide bonds. The van der Waals surface area contributed by atoms with Gasteiger partial charge < -0.3 is 10.6 Å². The van der Waals surface area contributed by atoms with Gasteiger partial charge in [0.2, 0.25) is 21.8 Å². The second-order valence-corrected chi connectivity index (χ2v) is 10.6. The molecule has 35 heavy (non-hydrogen) atoms. The normalized spacial score (nSPS) is 16.5. The number of carbonyl (C=O) groups is 2. The Balaban J connectivity index is 1.63. The van der Waals surface area contributed by atoms with E-state index >= 15 is 0 Å². The van der Waals surface area contributed by atoms with Crippen molar-refractivity contribution < 1.29 is 31.2 Å². The lowest BCUT2D eigenvalue weighted by atomic mass is 10.0. The molecule has 0 bridgehead atoms. The maximum absolute atomic E-state index is 13.0. The minimum absolute atomic E-state index is 0.0478. The summed E-state index contributed by atoms with van der Waals surface area (Å²) in [4.78, 5) is 24.1. The number of rotatable bonds is 7. The molecule has 1 aliphatic rings. The molecular weight excluding hydrogens is 483 g/mol. The monoisotopic (exact) mass is 511 g/mol. The van der Waals surface area contributed by atoms with Gasteiger partial charge in [-0.3, -0.25) is 9.59 Å². The van der Waals surface area contributed by atoms with E-state index in [4.69, 9.17) is 0 Å². The number of halogens is 3. The van der Waals surface area contributed by atoms with Gasteiger partial charge in [-0.2, -0.15) is 17.5 Å². The summed E-state index contributed by atoms with van der Waals surface area (Å²) in [5.41, 5.74) is 0.887. The summed E-state index contributed by atoms with van der Waals surface area (Å²) in [6.45, 7) is 3.35. The van der Waals surface area contributed by atoms with Crippen LogP contribution in [0.4, 0.5) is 13.2 Å². The summed E-state index contributed by atoms with van der Waals surface area (Å²) in [7, 11) is -4.11. The molecule has 1 heterocycles.